The SMILES string of the molecule is CC(C)COC(=O)Oc1ccc(C[C@H](N)C(=O)O[C@@H](C)[C@H](C)OC(=O)CC(C)(C)C)cc1OC(=O)OCC(C)C. The molecule has 0 amide bonds. The normalized spacial score (nSPS) is 13.7. The topological polar surface area (TPSA) is 150 Å². The zero-order chi connectivity index (χ0) is 30.6. The molecule has 40 heavy (non-hydrogen) atoms. The summed E-state index contributed by atoms with van der Waals surface area (Å²) in [5, 5.41) is 0. The Hall–Kier alpha value is -3.34. The predicted octanol–water partition coefficient (Wildman–Crippen LogP) is 5.20. The van der Waals surface area contributed by atoms with Crippen LogP contribution in [0, 0.1) is 17.3 Å². The van der Waals surface area contributed by atoms with Crippen molar-refractivity contribution in [1.82, 2.24) is 0 Å². The molecule has 0 aliphatic heterocycles. The number of ether oxygens (including phenoxy) is 6. The summed E-state index contributed by atoms with van der Waals surface area (Å²) >= 11 is 0. The highest BCUT2D eigenvalue weighted by Crippen LogP contribution is 2.30. The highest BCUT2D eigenvalue weighted by Gasteiger charge is 2.26. The van der Waals surface area contributed by atoms with Gasteiger partial charge in [-0.15, -0.1) is 0 Å². The molecule has 1 rings (SSSR count). The summed E-state index contributed by atoms with van der Waals surface area (Å²) in [4.78, 5) is 49.0. The monoisotopic (exact) mass is 567 g/mol. The average Bonchev–Trinajstić information content (AvgIpc) is 2.81. The maximum atomic E-state index is 12.6. The highest BCUT2D eigenvalue weighted by molar-refractivity contribution is 5.76. The first kappa shape index (κ1) is 34.7. The summed E-state index contributed by atoms with van der Waals surface area (Å²) in [6.45, 7) is 16.8. The van der Waals surface area contributed by atoms with Crippen LogP contribution >= 0.6 is 0 Å². The van der Waals surface area contributed by atoms with Gasteiger partial charge in [0.05, 0.1) is 19.6 Å². The molecule has 0 spiro atoms. The van der Waals surface area contributed by atoms with Crippen LogP contribution in [-0.2, 0) is 35.0 Å². The second-order valence-corrected chi connectivity index (χ2v) is 11.8. The van der Waals surface area contributed by atoms with Gasteiger partial charge in [0, 0.05) is 0 Å². The minimum absolute atomic E-state index is 0.0131. The maximum Gasteiger partial charge on any atom is 0.513 e. The van der Waals surface area contributed by atoms with Crippen molar-refractivity contribution in [2.75, 3.05) is 13.2 Å². The Balaban J connectivity index is 2.91. The second-order valence-electron chi connectivity index (χ2n) is 11.8. The van der Waals surface area contributed by atoms with Crippen molar-refractivity contribution in [1.29, 1.82) is 0 Å². The van der Waals surface area contributed by atoms with Gasteiger partial charge in [0.15, 0.2) is 11.5 Å². The number of rotatable bonds is 13. The van der Waals surface area contributed by atoms with Gasteiger partial charge in [0.2, 0.25) is 0 Å². The molecule has 0 radical (unpaired) electrons. The van der Waals surface area contributed by atoms with Crippen molar-refractivity contribution in [3.63, 3.8) is 0 Å². The number of carbonyl (C=O) groups excluding carboxylic acids is 4. The summed E-state index contributed by atoms with van der Waals surface area (Å²) in [7, 11) is 0. The average molecular weight is 568 g/mol. The molecule has 0 unspecified atom stereocenters. The molecule has 1 aromatic rings. The summed E-state index contributed by atoms with van der Waals surface area (Å²) in [5.41, 5.74) is 6.34. The lowest BCUT2D eigenvalue weighted by molar-refractivity contribution is -0.167. The van der Waals surface area contributed by atoms with Crippen molar-refractivity contribution in [3.05, 3.63) is 23.8 Å². The van der Waals surface area contributed by atoms with Gasteiger partial charge in [-0.3, -0.25) is 9.59 Å². The van der Waals surface area contributed by atoms with Gasteiger partial charge >= 0.3 is 24.2 Å². The summed E-state index contributed by atoms with van der Waals surface area (Å²) < 4.78 is 31.4. The van der Waals surface area contributed by atoms with Gasteiger partial charge < -0.3 is 34.2 Å². The fourth-order valence-electron chi connectivity index (χ4n) is 3.03. The molecule has 2 N–H and O–H groups in total. The molecule has 0 saturated carbocycles. The lowest BCUT2D eigenvalue weighted by atomic mass is 9.92. The standard InChI is InChI=1S/C29H45NO10/c1-17(2)15-35-27(33)39-23-11-10-21(13-24(23)40-28(34)36-16-18(3)4)12-22(30)26(32)38-20(6)19(5)37-25(31)14-29(7,8)9/h10-11,13,17-20,22H,12,14-16,30H2,1-9H3/t19-,20-,22-/m0/s1. The van der Waals surface area contributed by atoms with Crippen LogP contribution in [0.4, 0.5) is 9.59 Å². The second kappa shape index (κ2) is 16.1. The third-order valence-electron chi connectivity index (χ3n) is 5.18. The van der Waals surface area contributed by atoms with Crippen LogP contribution in [0.1, 0.15) is 74.3 Å². The van der Waals surface area contributed by atoms with E-state index in [2.05, 4.69) is 0 Å². The number of hydrogen-bond donors (Lipinski definition) is 1. The number of benzene rings is 1. The van der Waals surface area contributed by atoms with Crippen LogP contribution in [0.5, 0.6) is 11.5 Å². The van der Waals surface area contributed by atoms with Gasteiger partial charge in [0.25, 0.3) is 0 Å². The molecular formula is C29H45NO10. The minimum atomic E-state index is -1.08. The molecule has 11 heteroatoms. The van der Waals surface area contributed by atoms with E-state index in [9.17, 15) is 19.2 Å². The van der Waals surface area contributed by atoms with E-state index in [1.54, 1.807) is 19.9 Å². The molecule has 3 atom stereocenters. The van der Waals surface area contributed by atoms with Crippen LogP contribution in [0.3, 0.4) is 0 Å². The summed E-state index contributed by atoms with van der Waals surface area (Å²) in [6, 6.07) is 3.29. The quantitative estimate of drug-likeness (QED) is 0.190. The third kappa shape index (κ3) is 14.2. The first-order valence-electron chi connectivity index (χ1n) is 13.4. The molecule has 1 aromatic carbocycles. The van der Waals surface area contributed by atoms with Crippen LogP contribution in [-0.4, -0.2) is 55.7 Å². The van der Waals surface area contributed by atoms with E-state index in [1.807, 2.05) is 48.5 Å². The molecule has 0 saturated heterocycles. The van der Waals surface area contributed by atoms with Crippen LogP contribution in [0.15, 0.2) is 18.2 Å². The van der Waals surface area contributed by atoms with Gasteiger partial charge in [-0.05, 0) is 55.2 Å². The van der Waals surface area contributed by atoms with Crippen molar-refractivity contribution in [3.8, 4) is 11.5 Å². The number of esters is 2. The van der Waals surface area contributed by atoms with E-state index in [1.165, 1.54) is 12.1 Å². The molecule has 0 aliphatic rings. The number of nitrogens with two attached hydrogens (primary N) is 1. The Labute approximate surface area is 236 Å². The molecule has 0 aromatic heterocycles. The minimum Gasteiger partial charge on any atom is -0.459 e. The van der Waals surface area contributed by atoms with Gasteiger partial charge in [-0.1, -0.05) is 54.5 Å². The van der Waals surface area contributed by atoms with E-state index in [0.29, 0.717) is 5.56 Å². The zero-order valence-electron chi connectivity index (χ0n) is 25.1. The number of carbonyl (C=O) groups is 4. The smallest absolute Gasteiger partial charge is 0.459 e. The van der Waals surface area contributed by atoms with Gasteiger partial charge in [-0.25, -0.2) is 9.59 Å². The van der Waals surface area contributed by atoms with E-state index in [4.69, 9.17) is 34.2 Å². The Morgan fingerprint density at radius 1 is 0.775 bits per heavy atom. The Morgan fingerprint density at radius 3 is 1.77 bits per heavy atom. The first-order valence-corrected chi connectivity index (χ1v) is 13.4. The van der Waals surface area contributed by atoms with E-state index < -0.39 is 36.5 Å². The lowest BCUT2D eigenvalue weighted by Crippen LogP contribution is -2.39. The molecule has 0 fully saturated rings. The fraction of sp³-hybridized carbons (Fsp3) is 0.655. The Kier molecular flexibility index (Phi) is 13.9. The predicted molar refractivity (Wildman–Crippen MR) is 147 cm³/mol. The van der Waals surface area contributed by atoms with Crippen LogP contribution in [0.2, 0.25) is 0 Å². The Bertz CT molecular complexity index is 999. The van der Waals surface area contributed by atoms with E-state index in [-0.39, 0.29) is 60.8 Å². The third-order valence-corrected chi connectivity index (χ3v) is 5.18. The summed E-state index contributed by atoms with van der Waals surface area (Å²) in [5.74, 6) is -1.10. The molecule has 0 bridgehead atoms. The van der Waals surface area contributed by atoms with Crippen molar-refractivity contribution >= 4 is 24.2 Å². The zero-order valence-corrected chi connectivity index (χ0v) is 25.1. The van der Waals surface area contributed by atoms with E-state index in [0.717, 1.165) is 0 Å². The van der Waals surface area contributed by atoms with Crippen molar-refractivity contribution in [2.24, 2.45) is 23.0 Å². The molecule has 0 aliphatic carbocycles. The van der Waals surface area contributed by atoms with Crippen LogP contribution < -0.4 is 15.2 Å². The van der Waals surface area contributed by atoms with Gasteiger partial charge in [0.1, 0.15) is 18.2 Å². The van der Waals surface area contributed by atoms with E-state index >= 15 is 0 Å². The van der Waals surface area contributed by atoms with Crippen LogP contribution in [0.25, 0.3) is 0 Å². The van der Waals surface area contributed by atoms with Crippen molar-refractivity contribution in [2.45, 2.75) is 93.4 Å². The molecule has 226 valence electrons. The molecule has 0 heterocycles. The largest absolute Gasteiger partial charge is 0.513 e. The molecular weight excluding hydrogens is 522 g/mol. The Morgan fingerprint density at radius 2 is 1.27 bits per heavy atom. The lowest BCUT2D eigenvalue weighted by Gasteiger charge is -2.24. The highest BCUT2D eigenvalue weighted by atomic mass is 16.7. The maximum absolute atomic E-state index is 12.6. The summed E-state index contributed by atoms with van der Waals surface area (Å²) in [6.07, 6.45) is -3.12. The number of hydrogen-bond acceptors (Lipinski definition) is 11. The van der Waals surface area contributed by atoms with Gasteiger partial charge in [-0.2, -0.15) is 0 Å². The van der Waals surface area contributed by atoms with Crippen molar-refractivity contribution < 1.29 is 47.6 Å². The first-order chi connectivity index (χ1) is 18.5. The fourth-order valence-corrected chi connectivity index (χ4v) is 3.03. The molecule has 11 nitrogen and oxygen atoms in total.